The van der Waals surface area contributed by atoms with Crippen molar-refractivity contribution in [1.29, 1.82) is 0 Å². The molecule has 1 unspecified atom stereocenters. The maximum absolute atomic E-state index is 12.1. The van der Waals surface area contributed by atoms with Gasteiger partial charge in [0.25, 0.3) is 0 Å². The highest BCUT2D eigenvalue weighted by Crippen LogP contribution is 2.28. The monoisotopic (exact) mass is 325 g/mol. The molecule has 6 heteroatoms. The smallest absolute Gasteiger partial charge is 0.389 e. The number of rotatable bonds is 4. The minimum Gasteiger partial charge on any atom is -0.389 e. The number of aliphatic hydroxyl groups is 1. The third kappa shape index (κ3) is 4.49. The second-order valence-electron chi connectivity index (χ2n) is 4.17. The number of aliphatic hydroxyl groups excluding tert-OH is 1. The van der Waals surface area contributed by atoms with Gasteiger partial charge in [-0.1, -0.05) is 22.0 Å². The second-order valence-corrected chi connectivity index (χ2v) is 5.02. The van der Waals surface area contributed by atoms with E-state index in [-0.39, 0.29) is 6.54 Å². The van der Waals surface area contributed by atoms with E-state index in [9.17, 15) is 18.3 Å². The van der Waals surface area contributed by atoms with Crippen LogP contribution in [0, 0.1) is 0 Å². The van der Waals surface area contributed by atoms with Crippen molar-refractivity contribution in [1.82, 2.24) is 0 Å². The molecule has 1 aromatic carbocycles. The van der Waals surface area contributed by atoms with Gasteiger partial charge < -0.3 is 10.0 Å². The zero-order chi connectivity index (χ0) is 13.9. The van der Waals surface area contributed by atoms with Crippen LogP contribution in [0.25, 0.3) is 0 Å². The van der Waals surface area contributed by atoms with Crippen molar-refractivity contribution < 1.29 is 18.3 Å². The molecule has 2 nitrogen and oxygen atoms in total. The molecular weight excluding hydrogens is 311 g/mol. The molecule has 1 atom stereocenters. The molecular formula is C12H15BrF3NO. The van der Waals surface area contributed by atoms with Crippen LogP contribution in [0.5, 0.6) is 0 Å². The predicted octanol–water partition coefficient (Wildman–Crippen LogP) is 3.89. The fourth-order valence-corrected chi connectivity index (χ4v) is 2.21. The van der Waals surface area contributed by atoms with Gasteiger partial charge in [-0.25, -0.2) is 0 Å². The lowest BCUT2D eigenvalue weighted by atomic mass is 10.1. The molecule has 0 spiro atoms. The van der Waals surface area contributed by atoms with Crippen molar-refractivity contribution in [2.24, 2.45) is 0 Å². The van der Waals surface area contributed by atoms with Crippen molar-refractivity contribution in [3.05, 3.63) is 28.2 Å². The van der Waals surface area contributed by atoms with Gasteiger partial charge in [-0.05, 0) is 24.6 Å². The first-order chi connectivity index (χ1) is 8.20. The summed E-state index contributed by atoms with van der Waals surface area (Å²) in [6.07, 6.45) is -5.61. The van der Waals surface area contributed by atoms with E-state index in [1.165, 1.54) is 4.90 Å². The average molecular weight is 326 g/mol. The molecule has 1 aromatic rings. The quantitative estimate of drug-likeness (QED) is 0.907. The summed E-state index contributed by atoms with van der Waals surface area (Å²) in [5.41, 5.74) is 1.39. The topological polar surface area (TPSA) is 23.5 Å². The Hall–Kier alpha value is -0.750. The minimum absolute atomic E-state index is 0.0933. The summed E-state index contributed by atoms with van der Waals surface area (Å²) < 4.78 is 37.0. The van der Waals surface area contributed by atoms with Gasteiger partial charge in [0.2, 0.25) is 0 Å². The van der Waals surface area contributed by atoms with Gasteiger partial charge >= 0.3 is 6.18 Å². The van der Waals surface area contributed by atoms with Gasteiger partial charge in [0.05, 0.1) is 12.5 Å². The zero-order valence-corrected chi connectivity index (χ0v) is 11.7. The SMILES string of the molecule is CC(O)c1ccc(N(C)CCC(F)(F)F)cc1Br. The molecule has 0 saturated carbocycles. The molecule has 0 aliphatic rings. The predicted molar refractivity (Wildman–Crippen MR) is 68.7 cm³/mol. The Labute approximate surface area is 113 Å². The maximum Gasteiger partial charge on any atom is 0.390 e. The van der Waals surface area contributed by atoms with Crippen LogP contribution in [0.3, 0.4) is 0 Å². The molecule has 1 N–H and O–H groups in total. The number of alkyl halides is 3. The lowest BCUT2D eigenvalue weighted by Crippen LogP contribution is -2.24. The van der Waals surface area contributed by atoms with Crippen LogP contribution in [0.2, 0.25) is 0 Å². The number of anilines is 1. The number of hydrogen-bond donors (Lipinski definition) is 1. The Morgan fingerprint density at radius 1 is 1.39 bits per heavy atom. The van der Waals surface area contributed by atoms with Gasteiger partial charge in [-0.2, -0.15) is 13.2 Å². The molecule has 0 heterocycles. The van der Waals surface area contributed by atoms with Crippen molar-refractivity contribution in [3.8, 4) is 0 Å². The van der Waals surface area contributed by atoms with E-state index in [1.54, 1.807) is 32.2 Å². The first-order valence-corrected chi connectivity index (χ1v) is 6.25. The lowest BCUT2D eigenvalue weighted by Gasteiger charge is -2.21. The van der Waals surface area contributed by atoms with Crippen LogP contribution in [0.4, 0.5) is 18.9 Å². The molecule has 0 bridgehead atoms. The van der Waals surface area contributed by atoms with Crippen LogP contribution in [0.1, 0.15) is 25.0 Å². The fraction of sp³-hybridized carbons (Fsp3) is 0.500. The van der Waals surface area contributed by atoms with Crippen LogP contribution in [-0.2, 0) is 0 Å². The largest absolute Gasteiger partial charge is 0.390 e. The van der Waals surface area contributed by atoms with Crippen LogP contribution in [0.15, 0.2) is 22.7 Å². The average Bonchev–Trinajstić information content (AvgIpc) is 2.24. The molecule has 0 saturated heterocycles. The third-order valence-corrected chi connectivity index (χ3v) is 3.29. The van der Waals surface area contributed by atoms with Crippen molar-refractivity contribution >= 4 is 21.6 Å². The minimum atomic E-state index is -4.15. The number of benzene rings is 1. The summed E-state index contributed by atoms with van der Waals surface area (Å²) in [5.74, 6) is 0. The van der Waals surface area contributed by atoms with E-state index in [0.717, 1.165) is 0 Å². The Kier molecular flexibility index (Phi) is 5.04. The molecule has 0 aromatic heterocycles. The molecule has 0 aliphatic carbocycles. The van der Waals surface area contributed by atoms with Gasteiger partial charge in [0.1, 0.15) is 0 Å². The highest BCUT2D eigenvalue weighted by Gasteiger charge is 2.27. The molecule has 0 fully saturated rings. The van der Waals surface area contributed by atoms with Crippen molar-refractivity contribution in [3.63, 3.8) is 0 Å². The second kappa shape index (κ2) is 5.93. The van der Waals surface area contributed by atoms with E-state index in [4.69, 9.17) is 0 Å². The van der Waals surface area contributed by atoms with E-state index in [1.807, 2.05) is 0 Å². The summed E-state index contributed by atoms with van der Waals surface area (Å²) in [7, 11) is 1.61. The highest BCUT2D eigenvalue weighted by atomic mass is 79.9. The highest BCUT2D eigenvalue weighted by molar-refractivity contribution is 9.10. The summed E-state index contributed by atoms with van der Waals surface area (Å²) >= 11 is 3.30. The molecule has 1 rings (SSSR count). The lowest BCUT2D eigenvalue weighted by molar-refractivity contribution is -0.132. The Morgan fingerprint density at radius 3 is 2.44 bits per heavy atom. The fourth-order valence-electron chi connectivity index (χ4n) is 1.52. The van der Waals surface area contributed by atoms with E-state index >= 15 is 0 Å². The summed E-state index contributed by atoms with van der Waals surface area (Å²) in [4.78, 5) is 1.53. The maximum atomic E-state index is 12.1. The third-order valence-electron chi connectivity index (χ3n) is 2.61. The Morgan fingerprint density at radius 2 is 2.00 bits per heavy atom. The van der Waals surface area contributed by atoms with Gasteiger partial charge in [0, 0.05) is 23.8 Å². The van der Waals surface area contributed by atoms with Crippen LogP contribution < -0.4 is 4.90 Å². The summed E-state index contributed by atoms with van der Waals surface area (Å²) in [6, 6.07) is 5.11. The number of nitrogens with zero attached hydrogens (tertiary/aromatic N) is 1. The van der Waals surface area contributed by atoms with Crippen molar-refractivity contribution in [2.45, 2.75) is 25.6 Å². The molecule has 0 amide bonds. The van der Waals surface area contributed by atoms with Gasteiger partial charge in [0.15, 0.2) is 0 Å². The Balaban J connectivity index is 2.75. The number of halogens is 4. The standard InChI is InChI=1S/C12H15BrF3NO/c1-8(18)10-4-3-9(7-11(10)13)17(2)6-5-12(14,15)16/h3-4,7-8,18H,5-6H2,1-2H3. The van der Waals surface area contributed by atoms with E-state index in [2.05, 4.69) is 15.9 Å². The first kappa shape index (κ1) is 15.3. The first-order valence-electron chi connectivity index (χ1n) is 5.46. The Bertz CT molecular complexity index is 407. The van der Waals surface area contributed by atoms with Gasteiger partial charge in [-0.15, -0.1) is 0 Å². The van der Waals surface area contributed by atoms with Crippen molar-refractivity contribution in [2.75, 3.05) is 18.5 Å². The zero-order valence-electron chi connectivity index (χ0n) is 10.1. The van der Waals surface area contributed by atoms with Crippen LogP contribution >= 0.6 is 15.9 Å². The molecule has 18 heavy (non-hydrogen) atoms. The molecule has 102 valence electrons. The normalized spacial score (nSPS) is 13.5. The molecule has 0 radical (unpaired) electrons. The van der Waals surface area contributed by atoms with E-state index in [0.29, 0.717) is 15.7 Å². The summed E-state index contributed by atoms with van der Waals surface area (Å²) in [6.45, 7) is 1.54. The van der Waals surface area contributed by atoms with E-state index < -0.39 is 18.7 Å². The number of hydrogen-bond acceptors (Lipinski definition) is 2. The van der Waals surface area contributed by atoms with Gasteiger partial charge in [-0.3, -0.25) is 0 Å². The molecule has 0 aliphatic heterocycles. The summed E-state index contributed by atoms with van der Waals surface area (Å²) in [5, 5.41) is 9.45. The van der Waals surface area contributed by atoms with Crippen LogP contribution in [-0.4, -0.2) is 24.9 Å².